The maximum absolute atomic E-state index is 12.4. The standard InChI is InChI=1S/C18H24N4OS/c1-21-16(13-15-9-5-4-6-10-15)19-20-18(21)24-14-17(23)22-11-7-2-3-8-12-22/h4-6,9-10H,2-3,7-8,11-14H2,1H3. The summed E-state index contributed by atoms with van der Waals surface area (Å²) < 4.78 is 1.99. The van der Waals surface area contributed by atoms with E-state index >= 15 is 0 Å². The molecule has 1 aromatic carbocycles. The Morgan fingerprint density at radius 1 is 1.08 bits per heavy atom. The number of benzene rings is 1. The first-order valence-electron chi connectivity index (χ1n) is 8.57. The molecule has 1 aliphatic heterocycles. The second kappa shape index (κ2) is 8.33. The topological polar surface area (TPSA) is 51.0 Å². The Bertz CT molecular complexity index is 663. The van der Waals surface area contributed by atoms with Gasteiger partial charge in [-0.25, -0.2) is 0 Å². The lowest BCUT2D eigenvalue weighted by atomic mass is 10.1. The minimum Gasteiger partial charge on any atom is -0.342 e. The van der Waals surface area contributed by atoms with Crippen molar-refractivity contribution in [1.29, 1.82) is 0 Å². The van der Waals surface area contributed by atoms with Crippen LogP contribution in [0.5, 0.6) is 0 Å². The van der Waals surface area contributed by atoms with Gasteiger partial charge in [0.25, 0.3) is 0 Å². The van der Waals surface area contributed by atoms with E-state index in [1.165, 1.54) is 30.2 Å². The molecule has 0 saturated carbocycles. The lowest BCUT2D eigenvalue weighted by molar-refractivity contribution is -0.128. The number of aromatic nitrogens is 3. The van der Waals surface area contributed by atoms with Crippen molar-refractivity contribution in [2.24, 2.45) is 7.05 Å². The lowest BCUT2D eigenvalue weighted by Gasteiger charge is -2.19. The molecule has 1 aliphatic rings. The summed E-state index contributed by atoms with van der Waals surface area (Å²) in [7, 11) is 1.97. The summed E-state index contributed by atoms with van der Waals surface area (Å²) >= 11 is 1.49. The number of thioether (sulfide) groups is 1. The molecule has 0 aliphatic carbocycles. The van der Waals surface area contributed by atoms with E-state index in [-0.39, 0.29) is 5.91 Å². The number of likely N-dealkylation sites (tertiary alicyclic amines) is 1. The van der Waals surface area contributed by atoms with Crippen LogP contribution >= 0.6 is 11.8 Å². The van der Waals surface area contributed by atoms with E-state index in [0.29, 0.717) is 5.75 Å². The Morgan fingerprint density at radius 2 is 1.79 bits per heavy atom. The predicted molar refractivity (Wildman–Crippen MR) is 96.0 cm³/mol. The van der Waals surface area contributed by atoms with E-state index in [9.17, 15) is 4.79 Å². The van der Waals surface area contributed by atoms with Crippen LogP contribution in [0, 0.1) is 0 Å². The Balaban J connectivity index is 1.57. The molecule has 0 unspecified atom stereocenters. The average Bonchev–Trinajstić information content (AvgIpc) is 2.82. The monoisotopic (exact) mass is 344 g/mol. The summed E-state index contributed by atoms with van der Waals surface area (Å²) in [4.78, 5) is 14.4. The molecule has 0 N–H and O–H groups in total. The zero-order chi connectivity index (χ0) is 16.8. The van der Waals surface area contributed by atoms with Crippen LogP contribution in [-0.4, -0.2) is 44.4 Å². The smallest absolute Gasteiger partial charge is 0.233 e. The molecule has 0 atom stereocenters. The van der Waals surface area contributed by atoms with Crippen molar-refractivity contribution in [3.05, 3.63) is 41.7 Å². The molecule has 128 valence electrons. The van der Waals surface area contributed by atoms with Gasteiger partial charge < -0.3 is 9.47 Å². The van der Waals surface area contributed by atoms with Crippen LogP contribution in [0.25, 0.3) is 0 Å². The van der Waals surface area contributed by atoms with Gasteiger partial charge in [-0.15, -0.1) is 10.2 Å². The van der Waals surface area contributed by atoms with Crippen molar-refractivity contribution < 1.29 is 4.79 Å². The Hall–Kier alpha value is -1.82. The van der Waals surface area contributed by atoms with Crippen LogP contribution in [0.15, 0.2) is 35.5 Å². The minimum absolute atomic E-state index is 0.217. The Kier molecular flexibility index (Phi) is 5.91. The molecule has 2 aromatic rings. The van der Waals surface area contributed by atoms with Crippen molar-refractivity contribution in [2.75, 3.05) is 18.8 Å². The van der Waals surface area contributed by atoms with Crippen molar-refractivity contribution >= 4 is 17.7 Å². The highest BCUT2D eigenvalue weighted by molar-refractivity contribution is 7.99. The largest absolute Gasteiger partial charge is 0.342 e. The normalized spacial score (nSPS) is 15.3. The van der Waals surface area contributed by atoms with Crippen LogP contribution in [-0.2, 0) is 18.3 Å². The predicted octanol–water partition coefficient (Wildman–Crippen LogP) is 2.90. The zero-order valence-corrected chi connectivity index (χ0v) is 15.0. The SMILES string of the molecule is Cn1c(Cc2ccccc2)nnc1SCC(=O)N1CCCCCC1. The third kappa shape index (κ3) is 4.38. The van der Waals surface area contributed by atoms with Crippen molar-refractivity contribution in [3.8, 4) is 0 Å². The van der Waals surface area contributed by atoms with E-state index in [2.05, 4.69) is 22.3 Å². The minimum atomic E-state index is 0.217. The van der Waals surface area contributed by atoms with Crippen molar-refractivity contribution in [3.63, 3.8) is 0 Å². The molecule has 1 fully saturated rings. The first-order valence-corrected chi connectivity index (χ1v) is 9.55. The first-order chi connectivity index (χ1) is 11.7. The Labute approximate surface area is 147 Å². The van der Waals surface area contributed by atoms with E-state index in [4.69, 9.17) is 0 Å². The second-order valence-corrected chi connectivity index (χ2v) is 7.15. The zero-order valence-electron chi connectivity index (χ0n) is 14.1. The van der Waals surface area contributed by atoms with Gasteiger partial charge >= 0.3 is 0 Å². The van der Waals surface area contributed by atoms with Crippen LogP contribution in [0.3, 0.4) is 0 Å². The molecule has 0 spiro atoms. The number of rotatable bonds is 5. The highest BCUT2D eigenvalue weighted by Gasteiger charge is 2.17. The summed E-state index contributed by atoms with van der Waals surface area (Å²) in [5, 5.41) is 9.35. The van der Waals surface area contributed by atoms with Gasteiger partial charge in [0.15, 0.2) is 5.16 Å². The lowest BCUT2D eigenvalue weighted by Crippen LogP contribution is -2.33. The highest BCUT2D eigenvalue weighted by Crippen LogP contribution is 2.19. The summed E-state index contributed by atoms with van der Waals surface area (Å²) in [5.41, 5.74) is 1.21. The molecule has 24 heavy (non-hydrogen) atoms. The number of hydrogen-bond donors (Lipinski definition) is 0. The Morgan fingerprint density at radius 3 is 2.50 bits per heavy atom. The number of carbonyl (C=O) groups is 1. The molecule has 6 heteroatoms. The average molecular weight is 344 g/mol. The van der Waals surface area contributed by atoms with Gasteiger partial charge in [0.2, 0.25) is 5.91 Å². The number of amides is 1. The first kappa shape index (κ1) is 17.0. The molecule has 5 nitrogen and oxygen atoms in total. The molecular weight excluding hydrogens is 320 g/mol. The third-order valence-electron chi connectivity index (χ3n) is 4.41. The summed E-state index contributed by atoms with van der Waals surface area (Å²) in [5.74, 6) is 1.58. The molecule has 1 saturated heterocycles. The number of carbonyl (C=O) groups excluding carboxylic acids is 1. The molecule has 3 rings (SSSR count). The van der Waals surface area contributed by atoms with Crippen LogP contribution in [0.1, 0.15) is 37.1 Å². The van der Waals surface area contributed by atoms with Crippen LogP contribution in [0.4, 0.5) is 0 Å². The van der Waals surface area contributed by atoms with E-state index in [1.54, 1.807) is 0 Å². The second-order valence-electron chi connectivity index (χ2n) is 6.20. The van der Waals surface area contributed by atoms with Gasteiger partial charge in [-0.2, -0.15) is 0 Å². The van der Waals surface area contributed by atoms with Gasteiger partial charge in [0.1, 0.15) is 5.82 Å². The maximum Gasteiger partial charge on any atom is 0.233 e. The van der Waals surface area contributed by atoms with Crippen molar-refractivity contribution in [1.82, 2.24) is 19.7 Å². The summed E-state index contributed by atoms with van der Waals surface area (Å²) in [6.45, 7) is 1.80. The fourth-order valence-electron chi connectivity index (χ4n) is 2.94. The highest BCUT2D eigenvalue weighted by atomic mass is 32.2. The summed E-state index contributed by atoms with van der Waals surface area (Å²) in [6.07, 6.45) is 5.49. The molecule has 2 heterocycles. The quantitative estimate of drug-likeness (QED) is 0.783. The van der Waals surface area contributed by atoms with Gasteiger partial charge in [-0.05, 0) is 18.4 Å². The third-order valence-corrected chi connectivity index (χ3v) is 5.42. The van der Waals surface area contributed by atoms with Gasteiger partial charge in [-0.1, -0.05) is 54.9 Å². The van der Waals surface area contributed by atoms with Gasteiger partial charge in [0, 0.05) is 26.6 Å². The van der Waals surface area contributed by atoms with Gasteiger partial charge in [0.05, 0.1) is 5.75 Å². The van der Waals surface area contributed by atoms with Crippen LogP contribution < -0.4 is 0 Å². The molecule has 0 bridgehead atoms. The van der Waals surface area contributed by atoms with E-state index in [1.807, 2.05) is 34.7 Å². The fraction of sp³-hybridized carbons (Fsp3) is 0.500. The van der Waals surface area contributed by atoms with E-state index < -0.39 is 0 Å². The van der Waals surface area contributed by atoms with Crippen LogP contribution in [0.2, 0.25) is 0 Å². The molecule has 0 radical (unpaired) electrons. The van der Waals surface area contributed by atoms with Crippen molar-refractivity contribution in [2.45, 2.75) is 37.3 Å². The molecular formula is C18H24N4OS. The summed E-state index contributed by atoms with van der Waals surface area (Å²) in [6, 6.07) is 10.2. The molecule has 1 aromatic heterocycles. The number of hydrogen-bond acceptors (Lipinski definition) is 4. The fourth-order valence-corrected chi connectivity index (χ4v) is 3.77. The number of nitrogens with zero attached hydrogens (tertiary/aromatic N) is 4. The molecule has 1 amide bonds. The van der Waals surface area contributed by atoms with E-state index in [0.717, 1.165) is 43.3 Å². The maximum atomic E-state index is 12.4. The van der Waals surface area contributed by atoms with Gasteiger partial charge in [-0.3, -0.25) is 4.79 Å².